The van der Waals surface area contributed by atoms with E-state index in [1.807, 2.05) is 4.90 Å². The summed E-state index contributed by atoms with van der Waals surface area (Å²) in [6, 6.07) is 0. The lowest BCUT2D eigenvalue weighted by Crippen LogP contribution is -2.22. The topological polar surface area (TPSA) is 21.1 Å². The molecular formula is C7H8F3N3. The van der Waals surface area contributed by atoms with Crippen molar-refractivity contribution in [2.45, 2.75) is 19.4 Å². The number of hydrogen-bond acceptors (Lipinski definition) is 2. The van der Waals surface area contributed by atoms with Crippen LogP contribution in [0.5, 0.6) is 0 Å². The smallest absolute Gasteiger partial charge is 0.296 e. The molecule has 0 aliphatic carbocycles. The van der Waals surface area contributed by atoms with Crippen LogP contribution in [0.25, 0.3) is 0 Å². The van der Waals surface area contributed by atoms with Crippen LogP contribution in [0.3, 0.4) is 0 Å². The molecule has 72 valence electrons. The minimum atomic E-state index is -4.39. The van der Waals surface area contributed by atoms with Gasteiger partial charge in [0.05, 0.1) is 11.9 Å². The van der Waals surface area contributed by atoms with Crippen molar-refractivity contribution in [3.8, 4) is 0 Å². The molecule has 6 heteroatoms. The molecular weight excluding hydrogens is 183 g/mol. The van der Waals surface area contributed by atoms with E-state index in [1.54, 1.807) is 7.05 Å². The highest BCUT2D eigenvalue weighted by Crippen LogP contribution is 2.29. The number of halogens is 3. The SMILES string of the molecule is CN1Cc2cnn(C(F)(F)F)c2C1. The summed E-state index contributed by atoms with van der Waals surface area (Å²) in [5.41, 5.74) is 0.926. The van der Waals surface area contributed by atoms with E-state index >= 15 is 0 Å². The predicted octanol–water partition coefficient (Wildman–Crippen LogP) is 1.30. The zero-order valence-electron chi connectivity index (χ0n) is 6.97. The molecule has 1 aliphatic heterocycles. The molecule has 1 aromatic heterocycles. The number of nitrogens with zero attached hydrogens (tertiary/aromatic N) is 3. The van der Waals surface area contributed by atoms with Crippen molar-refractivity contribution < 1.29 is 13.2 Å². The summed E-state index contributed by atoms with van der Waals surface area (Å²) >= 11 is 0. The molecule has 0 N–H and O–H groups in total. The number of aromatic nitrogens is 2. The zero-order chi connectivity index (χ0) is 9.64. The van der Waals surface area contributed by atoms with Gasteiger partial charge in [-0.3, -0.25) is 4.90 Å². The van der Waals surface area contributed by atoms with Crippen LogP contribution in [-0.4, -0.2) is 21.7 Å². The van der Waals surface area contributed by atoms with E-state index in [0.717, 1.165) is 0 Å². The van der Waals surface area contributed by atoms with E-state index in [0.29, 0.717) is 18.7 Å². The second-order valence-corrected chi connectivity index (χ2v) is 3.17. The Morgan fingerprint density at radius 3 is 2.69 bits per heavy atom. The van der Waals surface area contributed by atoms with Gasteiger partial charge < -0.3 is 0 Å². The Kier molecular flexibility index (Phi) is 1.63. The highest BCUT2D eigenvalue weighted by molar-refractivity contribution is 5.22. The van der Waals surface area contributed by atoms with Crippen LogP contribution in [-0.2, 0) is 19.4 Å². The molecule has 2 rings (SSSR count). The molecule has 0 atom stereocenters. The second kappa shape index (κ2) is 2.47. The quantitative estimate of drug-likeness (QED) is 0.616. The zero-order valence-corrected chi connectivity index (χ0v) is 6.97. The molecule has 2 heterocycles. The van der Waals surface area contributed by atoms with Crippen LogP contribution in [0.1, 0.15) is 11.3 Å². The third-order valence-electron chi connectivity index (χ3n) is 2.06. The molecule has 0 bridgehead atoms. The van der Waals surface area contributed by atoms with Crippen LogP contribution in [0.2, 0.25) is 0 Å². The molecule has 0 fully saturated rings. The fraction of sp³-hybridized carbons (Fsp3) is 0.571. The number of fused-ring (bicyclic) bond motifs is 1. The van der Waals surface area contributed by atoms with Crippen molar-refractivity contribution in [2.75, 3.05) is 7.05 Å². The lowest BCUT2D eigenvalue weighted by Gasteiger charge is -2.10. The maximum absolute atomic E-state index is 12.3. The van der Waals surface area contributed by atoms with Crippen LogP contribution < -0.4 is 0 Å². The first-order chi connectivity index (χ1) is 5.98. The van der Waals surface area contributed by atoms with Gasteiger partial charge in [0.2, 0.25) is 0 Å². The van der Waals surface area contributed by atoms with Crippen molar-refractivity contribution in [2.24, 2.45) is 0 Å². The number of alkyl halides is 3. The Balaban J connectivity index is 2.42. The van der Waals surface area contributed by atoms with Gasteiger partial charge in [-0.1, -0.05) is 0 Å². The van der Waals surface area contributed by atoms with Crippen LogP contribution >= 0.6 is 0 Å². The van der Waals surface area contributed by atoms with Crippen LogP contribution in [0.15, 0.2) is 6.20 Å². The average molecular weight is 191 g/mol. The Morgan fingerprint density at radius 1 is 1.38 bits per heavy atom. The summed E-state index contributed by atoms with van der Waals surface area (Å²) in [6.45, 7) is 0.861. The highest BCUT2D eigenvalue weighted by atomic mass is 19.4. The fourth-order valence-electron chi connectivity index (χ4n) is 1.53. The van der Waals surface area contributed by atoms with E-state index in [9.17, 15) is 13.2 Å². The highest BCUT2D eigenvalue weighted by Gasteiger charge is 2.37. The Labute approximate surface area is 72.7 Å². The van der Waals surface area contributed by atoms with Crippen molar-refractivity contribution in [3.63, 3.8) is 0 Å². The molecule has 1 aromatic rings. The fourth-order valence-corrected chi connectivity index (χ4v) is 1.53. The molecule has 0 spiro atoms. The molecule has 3 nitrogen and oxygen atoms in total. The van der Waals surface area contributed by atoms with E-state index in [-0.39, 0.29) is 10.4 Å². The first kappa shape index (κ1) is 8.55. The van der Waals surface area contributed by atoms with Gasteiger partial charge in [-0.05, 0) is 7.05 Å². The Hall–Kier alpha value is -1.04. The van der Waals surface area contributed by atoms with Gasteiger partial charge in [-0.2, -0.15) is 9.78 Å². The summed E-state index contributed by atoms with van der Waals surface area (Å²) in [4.78, 5) is 1.81. The standard InChI is InChI=1S/C7H8F3N3/c1-12-3-5-2-11-13(6(5)4-12)7(8,9)10/h2H,3-4H2,1H3. The summed E-state index contributed by atoms with van der Waals surface area (Å²) < 4.78 is 37.0. The van der Waals surface area contributed by atoms with Gasteiger partial charge in [0.25, 0.3) is 0 Å². The largest absolute Gasteiger partial charge is 0.504 e. The molecule has 0 radical (unpaired) electrons. The van der Waals surface area contributed by atoms with Crippen molar-refractivity contribution in [1.82, 2.24) is 14.7 Å². The lowest BCUT2D eigenvalue weighted by atomic mass is 10.3. The van der Waals surface area contributed by atoms with Gasteiger partial charge in [0, 0.05) is 18.7 Å². The first-order valence-corrected chi connectivity index (χ1v) is 3.80. The minimum absolute atomic E-state index is 0.145. The van der Waals surface area contributed by atoms with E-state index in [1.165, 1.54) is 6.20 Å². The van der Waals surface area contributed by atoms with Gasteiger partial charge >= 0.3 is 6.30 Å². The van der Waals surface area contributed by atoms with E-state index in [2.05, 4.69) is 5.10 Å². The van der Waals surface area contributed by atoms with Gasteiger partial charge in [-0.15, -0.1) is 13.2 Å². The summed E-state index contributed by atoms with van der Waals surface area (Å²) in [5.74, 6) is 0. The monoisotopic (exact) mass is 191 g/mol. The molecule has 0 unspecified atom stereocenters. The molecule has 0 saturated carbocycles. The number of rotatable bonds is 0. The average Bonchev–Trinajstić information content (AvgIpc) is 2.41. The molecule has 1 aliphatic rings. The van der Waals surface area contributed by atoms with Crippen molar-refractivity contribution in [3.05, 3.63) is 17.5 Å². The van der Waals surface area contributed by atoms with Crippen molar-refractivity contribution >= 4 is 0 Å². The summed E-state index contributed by atoms with van der Waals surface area (Å²) in [7, 11) is 1.78. The van der Waals surface area contributed by atoms with Gasteiger partial charge in [-0.25, -0.2) is 0 Å². The van der Waals surface area contributed by atoms with Gasteiger partial charge in [0.1, 0.15) is 0 Å². The molecule has 0 saturated heterocycles. The first-order valence-electron chi connectivity index (χ1n) is 3.80. The maximum atomic E-state index is 12.3. The third kappa shape index (κ3) is 1.31. The van der Waals surface area contributed by atoms with E-state index in [4.69, 9.17) is 0 Å². The normalized spacial score (nSPS) is 17.8. The van der Waals surface area contributed by atoms with Crippen LogP contribution in [0, 0.1) is 0 Å². The molecule has 0 aromatic carbocycles. The summed E-state index contributed by atoms with van der Waals surface area (Å²) in [6.07, 6.45) is -3.11. The summed E-state index contributed by atoms with van der Waals surface area (Å²) in [5, 5.41) is 3.31. The van der Waals surface area contributed by atoms with Crippen molar-refractivity contribution in [1.29, 1.82) is 0 Å². The Bertz CT molecular complexity index is 328. The molecule has 0 amide bonds. The molecule has 13 heavy (non-hydrogen) atoms. The third-order valence-corrected chi connectivity index (χ3v) is 2.06. The predicted molar refractivity (Wildman–Crippen MR) is 38.7 cm³/mol. The van der Waals surface area contributed by atoms with Gasteiger partial charge in [0.15, 0.2) is 0 Å². The Morgan fingerprint density at radius 2 is 2.08 bits per heavy atom. The minimum Gasteiger partial charge on any atom is -0.296 e. The maximum Gasteiger partial charge on any atom is 0.504 e. The van der Waals surface area contributed by atoms with Crippen LogP contribution in [0.4, 0.5) is 13.2 Å². The van der Waals surface area contributed by atoms with E-state index < -0.39 is 6.30 Å². The lowest BCUT2D eigenvalue weighted by molar-refractivity contribution is -0.214. The second-order valence-electron chi connectivity index (χ2n) is 3.17. The number of hydrogen-bond donors (Lipinski definition) is 0.